The van der Waals surface area contributed by atoms with Crippen molar-refractivity contribution in [2.45, 2.75) is 18.9 Å². The van der Waals surface area contributed by atoms with E-state index in [1.165, 1.54) is 0 Å². The number of aromatic amines is 1. The number of benzene rings is 1. The summed E-state index contributed by atoms with van der Waals surface area (Å²) >= 11 is 12.0. The van der Waals surface area contributed by atoms with E-state index in [0.717, 1.165) is 37.0 Å². The number of halogens is 2. The summed E-state index contributed by atoms with van der Waals surface area (Å²) in [5.41, 5.74) is 1.52. The second-order valence-electron chi connectivity index (χ2n) is 6.16. The largest absolute Gasteiger partial charge is 0.357 e. The molecule has 1 saturated heterocycles. The van der Waals surface area contributed by atoms with Crippen LogP contribution in [0.2, 0.25) is 10.3 Å². The smallest absolute Gasteiger partial charge is 0.326 e. The van der Waals surface area contributed by atoms with Gasteiger partial charge in [-0.25, -0.2) is 4.79 Å². The van der Waals surface area contributed by atoms with Crippen LogP contribution >= 0.6 is 23.2 Å². The van der Waals surface area contributed by atoms with Gasteiger partial charge in [-0.3, -0.25) is 4.57 Å². The van der Waals surface area contributed by atoms with Crippen LogP contribution in [0.15, 0.2) is 23.0 Å². The molecule has 0 atom stereocenters. The lowest BCUT2D eigenvalue weighted by molar-refractivity contribution is 0.394. The number of nitrogens with one attached hydrogen (secondary N) is 2. The minimum Gasteiger partial charge on any atom is -0.357 e. The summed E-state index contributed by atoms with van der Waals surface area (Å²) in [6.07, 6.45) is 1.60. The van der Waals surface area contributed by atoms with Crippen LogP contribution in [-0.2, 0) is 0 Å². The van der Waals surface area contributed by atoms with Gasteiger partial charge in [-0.15, -0.1) is 0 Å². The van der Waals surface area contributed by atoms with Gasteiger partial charge in [0.1, 0.15) is 0 Å². The van der Waals surface area contributed by atoms with Crippen molar-refractivity contribution in [3.63, 3.8) is 0 Å². The zero-order valence-electron chi connectivity index (χ0n) is 14.0. The molecule has 1 aromatic carbocycles. The Kier molecular flexibility index (Phi) is 4.46. The highest BCUT2D eigenvalue weighted by Gasteiger charge is 2.25. The molecule has 1 aliphatic heterocycles. The van der Waals surface area contributed by atoms with Crippen LogP contribution in [0.3, 0.4) is 0 Å². The van der Waals surface area contributed by atoms with Gasteiger partial charge in [-0.2, -0.15) is 15.0 Å². The summed E-state index contributed by atoms with van der Waals surface area (Å²) < 4.78 is 1.82. The highest BCUT2D eigenvalue weighted by Crippen LogP contribution is 2.28. The second kappa shape index (κ2) is 6.77. The fraction of sp³-hybridized carbons (Fsp3) is 0.375. The van der Waals surface area contributed by atoms with Crippen molar-refractivity contribution in [2.24, 2.45) is 0 Å². The fourth-order valence-corrected chi connectivity index (χ4v) is 3.71. The molecule has 26 heavy (non-hydrogen) atoms. The third kappa shape index (κ3) is 3.10. The van der Waals surface area contributed by atoms with E-state index in [1.807, 2.05) is 10.6 Å². The number of aromatic nitrogens is 5. The summed E-state index contributed by atoms with van der Waals surface area (Å²) in [6, 6.07) is 5.56. The maximum atomic E-state index is 12.4. The lowest BCUT2D eigenvalue weighted by Gasteiger charge is -2.32. The number of fused-ring (bicyclic) bond motifs is 1. The molecule has 136 valence electrons. The van der Waals surface area contributed by atoms with Gasteiger partial charge in [0.2, 0.25) is 17.2 Å². The molecule has 2 N–H and O–H groups in total. The first-order valence-electron chi connectivity index (χ1n) is 8.29. The topological polar surface area (TPSA) is 91.7 Å². The molecule has 1 fully saturated rings. The van der Waals surface area contributed by atoms with Crippen LogP contribution < -0.4 is 15.9 Å². The lowest BCUT2D eigenvalue weighted by Crippen LogP contribution is -2.38. The van der Waals surface area contributed by atoms with Crippen molar-refractivity contribution in [1.82, 2.24) is 24.5 Å². The van der Waals surface area contributed by atoms with Gasteiger partial charge >= 0.3 is 5.69 Å². The average Bonchev–Trinajstić information content (AvgIpc) is 2.96. The van der Waals surface area contributed by atoms with Crippen LogP contribution in [0, 0.1) is 0 Å². The molecular formula is C16H17Cl2N7O. The Morgan fingerprint density at radius 1 is 1.19 bits per heavy atom. The summed E-state index contributed by atoms with van der Waals surface area (Å²) in [4.78, 5) is 29.9. The first-order chi connectivity index (χ1) is 12.5. The van der Waals surface area contributed by atoms with Gasteiger partial charge in [0.05, 0.1) is 11.0 Å². The van der Waals surface area contributed by atoms with Gasteiger partial charge in [-0.05, 0) is 42.6 Å². The number of hydrogen-bond acceptors (Lipinski definition) is 6. The predicted molar refractivity (Wildman–Crippen MR) is 102 cm³/mol. The first kappa shape index (κ1) is 17.1. The van der Waals surface area contributed by atoms with E-state index in [2.05, 4.69) is 30.2 Å². The van der Waals surface area contributed by atoms with E-state index in [4.69, 9.17) is 23.2 Å². The molecule has 0 saturated carbocycles. The zero-order chi connectivity index (χ0) is 18.3. The number of rotatable bonds is 3. The molecule has 0 radical (unpaired) electrons. The van der Waals surface area contributed by atoms with Crippen molar-refractivity contribution < 1.29 is 0 Å². The van der Waals surface area contributed by atoms with Gasteiger partial charge in [-0.1, -0.05) is 11.6 Å². The first-order valence-corrected chi connectivity index (χ1v) is 9.05. The molecule has 0 bridgehead atoms. The molecule has 4 rings (SSSR count). The predicted octanol–water partition coefficient (Wildman–Crippen LogP) is 2.70. The summed E-state index contributed by atoms with van der Waals surface area (Å²) in [7, 11) is 1.73. The van der Waals surface area contributed by atoms with Crippen molar-refractivity contribution in [1.29, 1.82) is 0 Å². The third-order valence-electron chi connectivity index (χ3n) is 4.61. The minimum atomic E-state index is -0.110. The van der Waals surface area contributed by atoms with Crippen LogP contribution in [0.4, 0.5) is 11.9 Å². The molecule has 0 unspecified atom stereocenters. The van der Waals surface area contributed by atoms with Crippen molar-refractivity contribution in [3.8, 4) is 0 Å². The van der Waals surface area contributed by atoms with Crippen LogP contribution in [-0.4, -0.2) is 44.6 Å². The Balaban J connectivity index is 1.57. The van der Waals surface area contributed by atoms with Crippen LogP contribution in [0.25, 0.3) is 11.0 Å². The molecular weight excluding hydrogens is 377 g/mol. The monoisotopic (exact) mass is 393 g/mol. The van der Waals surface area contributed by atoms with Crippen molar-refractivity contribution in [3.05, 3.63) is 39.0 Å². The summed E-state index contributed by atoms with van der Waals surface area (Å²) in [6.45, 7) is 1.45. The third-order valence-corrected chi connectivity index (χ3v) is 5.02. The maximum Gasteiger partial charge on any atom is 0.326 e. The highest BCUT2D eigenvalue weighted by atomic mass is 35.5. The van der Waals surface area contributed by atoms with Crippen molar-refractivity contribution in [2.75, 3.05) is 30.4 Å². The number of anilines is 2. The Bertz CT molecular complexity index is 1010. The molecule has 3 heterocycles. The van der Waals surface area contributed by atoms with Gasteiger partial charge in [0, 0.05) is 31.2 Å². The lowest BCUT2D eigenvalue weighted by atomic mass is 10.0. The van der Waals surface area contributed by atoms with E-state index < -0.39 is 0 Å². The number of nitrogens with zero attached hydrogens (tertiary/aromatic N) is 5. The Morgan fingerprint density at radius 2 is 1.96 bits per heavy atom. The molecule has 0 spiro atoms. The zero-order valence-corrected chi connectivity index (χ0v) is 15.5. The number of hydrogen-bond donors (Lipinski definition) is 2. The Morgan fingerprint density at radius 3 is 2.69 bits per heavy atom. The average molecular weight is 394 g/mol. The normalized spacial score (nSPS) is 15.6. The summed E-state index contributed by atoms with van der Waals surface area (Å²) in [5, 5.41) is 3.64. The Labute approximate surface area is 159 Å². The molecule has 2 aromatic heterocycles. The molecule has 1 aliphatic rings. The molecule has 10 heteroatoms. The maximum absolute atomic E-state index is 12.4. The molecule has 8 nitrogen and oxygen atoms in total. The van der Waals surface area contributed by atoms with E-state index in [-0.39, 0.29) is 17.0 Å². The van der Waals surface area contributed by atoms with Gasteiger partial charge in [0.25, 0.3) is 0 Å². The van der Waals surface area contributed by atoms with E-state index in [1.54, 1.807) is 19.2 Å². The fourth-order valence-electron chi connectivity index (χ4n) is 3.38. The van der Waals surface area contributed by atoms with Crippen LogP contribution in [0.5, 0.6) is 0 Å². The van der Waals surface area contributed by atoms with Gasteiger partial charge < -0.3 is 15.2 Å². The SMILES string of the molecule is CNc1nc(Cl)nc(N2CCC(n3c(=O)[nH]c4cc(Cl)ccc43)CC2)n1. The molecule has 0 amide bonds. The minimum absolute atomic E-state index is 0.106. The Hall–Kier alpha value is -2.32. The van der Waals surface area contributed by atoms with E-state index >= 15 is 0 Å². The number of imidazole rings is 1. The standard InChI is InChI=1S/C16H17Cl2N7O/c1-19-14-21-13(18)22-15(23-14)24-6-4-10(5-7-24)25-12-3-2-9(17)8-11(12)20-16(25)26/h2-3,8,10H,4-7H2,1H3,(H,20,26)(H,19,21,22,23). The van der Waals surface area contributed by atoms with Gasteiger partial charge in [0.15, 0.2) is 0 Å². The number of piperidine rings is 1. The molecule has 0 aliphatic carbocycles. The van der Waals surface area contributed by atoms with Crippen LogP contribution in [0.1, 0.15) is 18.9 Å². The highest BCUT2D eigenvalue weighted by molar-refractivity contribution is 6.31. The van der Waals surface area contributed by atoms with E-state index in [0.29, 0.717) is 16.9 Å². The van der Waals surface area contributed by atoms with E-state index in [9.17, 15) is 4.79 Å². The quantitative estimate of drug-likeness (QED) is 0.710. The second-order valence-corrected chi connectivity index (χ2v) is 6.93. The van der Waals surface area contributed by atoms with Crippen molar-refractivity contribution >= 4 is 46.1 Å². The number of H-pyrrole nitrogens is 1. The molecule has 3 aromatic rings. The summed E-state index contributed by atoms with van der Waals surface area (Å²) in [5.74, 6) is 0.984.